The van der Waals surface area contributed by atoms with Gasteiger partial charge in [0.25, 0.3) is 0 Å². The smallest absolute Gasteiger partial charge is 0.314 e. The molecule has 0 radical (unpaired) electrons. The molecule has 0 saturated heterocycles. The first-order valence-corrected chi connectivity index (χ1v) is 8.13. The van der Waals surface area contributed by atoms with Crippen LogP contribution in [0.25, 0.3) is 0 Å². The molecule has 1 aliphatic carbocycles. The molecule has 0 atom stereocenters. The Hall–Kier alpha value is -0.960. The lowest BCUT2D eigenvalue weighted by Gasteiger charge is -2.35. The zero-order valence-corrected chi connectivity index (χ0v) is 12.8. The summed E-state index contributed by atoms with van der Waals surface area (Å²) in [6.07, 6.45) is 6.81. The largest absolute Gasteiger partial charge is 0.481 e. The highest BCUT2D eigenvalue weighted by Gasteiger charge is 2.42. The van der Waals surface area contributed by atoms with Crippen LogP contribution in [0.3, 0.4) is 0 Å². The van der Waals surface area contributed by atoms with Crippen LogP contribution in [0.15, 0.2) is 17.0 Å². The molecule has 1 saturated carbocycles. The molecule has 1 aromatic rings. The third kappa shape index (κ3) is 2.53. The number of aryl methyl sites for hydroxylation is 1. The van der Waals surface area contributed by atoms with E-state index in [4.69, 9.17) is 0 Å². The fourth-order valence-electron chi connectivity index (χ4n) is 3.19. The van der Waals surface area contributed by atoms with Gasteiger partial charge in [-0.2, -0.15) is 0 Å². The van der Waals surface area contributed by atoms with Gasteiger partial charge in [0, 0.05) is 4.90 Å². The van der Waals surface area contributed by atoms with Crippen molar-refractivity contribution in [3.63, 3.8) is 0 Å². The Labute approximate surface area is 119 Å². The van der Waals surface area contributed by atoms with Gasteiger partial charge in [-0.15, -0.1) is 11.8 Å². The van der Waals surface area contributed by atoms with E-state index in [1.54, 1.807) is 11.8 Å². The minimum atomic E-state index is -0.654. The molecule has 1 fully saturated rings. The fourth-order valence-corrected chi connectivity index (χ4v) is 3.73. The topological polar surface area (TPSA) is 37.3 Å². The number of hydrogen-bond donors (Lipinski definition) is 1. The molecule has 2 nitrogen and oxygen atoms in total. The minimum absolute atomic E-state index is 0.645. The highest BCUT2D eigenvalue weighted by atomic mass is 32.2. The summed E-state index contributed by atoms with van der Waals surface area (Å²) >= 11 is 1.69. The molecule has 0 spiro atoms. The van der Waals surface area contributed by atoms with E-state index in [1.165, 1.54) is 10.5 Å². The molecule has 0 aromatic heterocycles. The molecule has 104 valence electrons. The fraction of sp³-hybridized carbons (Fsp3) is 0.562. The first-order chi connectivity index (χ1) is 9.01. The molecule has 0 bridgehead atoms. The maximum Gasteiger partial charge on any atom is 0.314 e. The Morgan fingerprint density at radius 3 is 2.37 bits per heavy atom. The average molecular weight is 278 g/mol. The van der Waals surface area contributed by atoms with Crippen molar-refractivity contribution in [2.45, 2.75) is 56.3 Å². The number of aliphatic carboxylic acids is 1. The first-order valence-electron chi connectivity index (χ1n) is 6.90. The molecule has 3 heteroatoms. The predicted molar refractivity (Wildman–Crippen MR) is 80.1 cm³/mol. The van der Waals surface area contributed by atoms with Gasteiger partial charge in [0.1, 0.15) is 0 Å². The Bertz CT molecular complexity index is 488. The van der Waals surface area contributed by atoms with Crippen molar-refractivity contribution in [3.05, 3.63) is 28.8 Å². The number of rotatable bonds is 3. The van der Waals surface area contributed by atoms with Gasteiger partial charge < -0.3 is 5.11 Å². The van der Waals surface area contributed by atoms with E-state index < -0.39 is 11.4 Å². The summed E-state index contributed by atoms with van der Waals surface area (Å²) in [6, 6.07) is 4.26. The van der Waals surface area contributed by atoms with Crippen LogP contribution < -0.4 is 0 Å². The van der Waals surface area contributed by atoms with Crippen molar-refractivity contribution in [2.75, 3.05) is 6.26 Å². The molecule has 0 amide bonds. The Morgan fingerprint density at radius 1 is 1.21 bits per heavy atom. The van der Waals surface area contributed by atoms with Gasteiger partial charge in [-0.25, -0.2) is 0 Å². The van der Waals surface area contributed by atoms with Crippen molar-refractivity contribution in [2.24, 2.45) is 0 Å². The first kappa shape index (κ1) is 14.4. The third-order valence-electron chi connectivity index (χ3n) is 4.51. The summed E-state index contributed by atoms with van der Waals surface area (Å²) in [6.45, 7) is 4.14. The molecule has 0 heterocycles. The van der Waals surface area contributed by atoms with Gasteiger partial charge >= 0.3 is 5.97 Å². The van der Waals surface area contributed by atoms with Crippen molar-refractivity contribution < 1.29 is 9.90 Å². The second kappa shape index (κ2) is 5.58. The molecule has 1 N–H and O–H groups in total. The van der Waals surface area contributed by atoms with E-state index in [-0.39, 0.29) is 0 Å². The van der Waals surface area contributed by atoms with E-state index in [1.807, 2.05) is 6.26 Å². The molecular weight excluding hydrogens is 256 g/mol. The molecule has 1 aliphatic rings. The van der Waals surface area contributed by atoms with Gasteiger partial charge in [-0.1, -0.05) is 19.3 Å². The Balaban J connectivity index is 2.59. The van der Waals surface area contributed by atoms with Crippen molar-refractivity contribution in [1.82, 2.24) is 0 Å². The average Bonchev–Trinajstić information content (AvgIpc) is 2.42. The lowest BCUT2D eigenvalue weighted by atomic mass is 9.68. The van der Waals surface area contributed by atoms with Crippen molar-refractivity contribution >= 4 is 17.7 Å². The normalized spacial score (nSPS) is 18.3. The summed E-state index contributed by atoms with van der Waals surface area (Å²) in [5.74, 6) is -0.645. The Morgan fingerprint density at radius 2 is 1.84 bits per heavy atom. The lowest BCUT2D eigenvalue weighted by molar-refractivity contribution is -0.145. The van der Waals surface area contributed by atoms with E-state index in [2.05, 4.69) is 26.0 Å². The second-order valence-electron chi connectivity index (χ2n) is 5.56. The molecule has 19 heavy (non-hydrogen) atoms. The van der Waals surface area contributed by atoms with Crippen LogP contribution >= 0.6 is 11.8 Å². The summed E-state index contributed by atoms with van der Waals surface area (Å²) < 4.78 is 0. The highest BCUT2D eigenvalue weighted by molar-refractivity contribution is 7.98. The number of carbonyl (C=O) groups is 1. The standard InChI is InChI=1S/C16H22O2S/c1-11-9-13(19-3)10-14(12(11)2)16(15(17)18)7-5-4-6-8-16/h9-10H,4-8H2,1-3H3,(H,17,18). The van der Waals surface area contributed by atoms with Crippen LogP contribution in [0, 0.1) is 13.8 Å². The van der Waals surface area contributed by atoms with Crippen LogP contribution in [0.5, 0.6) is 0 Å². The van der Waals surface area contributed by atoms with Gasteiger partial charge in [-0.05, 0) is 61.8 Å². The zero-order valence-electron chi connectivity index (χ0n) is 12.0. The maximum atomic E-state index is 11.9. The van der Waals surface area contributed by atoms with Gasteiger partial charge in [0.05, 0.1) is 5.41 Å². The van der Waals surface area contributed by atoms with E-state index >= 15 is 0 Å². The quantitative estimate of drug-likeness (QED) is 0.837. The van der Waals surface area contributed by atoms with Gasteiger partial charge in [-0.3, -0.25) is 4.79 Å². The molecule has 0 unspecified atom stereocenters. The molecule has 1 aromatic carbocycles. The lowest BCUT2D eigenvalue weighted by Crippen LogP contribution is -2.38. The number of thioether (sulfide) groups is 1. The van der Waals surface area contributed by atoms with Crippen LogP contribution in [-0.2, 0) is 10.2 Å². The third-order valence-corrected chi connectivity index (χ3v) is 5.22. The number of carboxylic acids is 1. The van der Waals surface area contributed by atoms with Gasteiger partial charge in [0.15, 0.2) is 0 Å². The monoisotopic (exact) mass is 278 g/mol. The number of carboxylic acid groups (broad SMARTS) is 1. The number of benzene rings is 1. The van der Waals surface area contributed by atoms with Crippen LogP contribution in [0.1, 0.15) is 48.8 Å². The van der Waals surface area contributed by atoms with Crippen LogP contribution in [0.4, 0.5) is 0 Å². The maximum absolute atomic E-state index is 11.9. The highest BCUT2D eigenvalue weighted by Crippen LogP contribution is 2.42. The minimum Gasteiger partial charge on any atom is -0.481 e. The van der Waals surface area contributed by atoms with E-state index in [9.17, 15) is 9.90 Å². The van der Waals surface area contributed by atoms with E-state index in [0.717, 1.165) is 43.2 Å². The summed E-state index contributed by atoms with van der Waals surface area (Å²) in [5.41, 5.74) is 2.75. The van der Waals surface area contributed by atoms with E-state index in [0.29, 0.717) is 0 Å². The zero-order chi connectivity index (χ0) is 14.0. The number of hydrogen-bond acceptors (Lipinski definition) is 2. The van der Waals surface area contributed by atoms with Crippen molar-refractivity contribution in [1.29, 1.82) is 0 Å². The van der Waals surface area contributed by atoms with Crippen LogP contribution in [0.2, 0.25) is 0 Å². The SMILES string of the molecule is CSc1cc(C)c(C)c(C2(C(=O)O)CCCCC2)c1. The Kier molecular flexibility index (Phi) is 4.24. The molecular formula is C16H22O2S. The van der Waals surface area contributed by atoms with Gasteiger partial charge in [0.2, 0.25) is 0 Å². The predicted octanol–water partition coefficient (Wildman–Crippen LogP) is 4.31. The van der Waals surface area contributed by atoms with Crippen LogP contribution in [-0.4, -0.2) is 17.3 Å². The summed E-state index contributed by atoms with van der Waals surface area (Å²) in [7, 11) is 0. The molecule has 0 aliphatic heterocycles. The molecule has 2 rings (SSSR count). The summed E-state index contributed by atoms with van der Waals surface area (Å²) in [5, 5.41) is 9.81. The van der Waals surface area contributed by atoms with Crippen molar-refractivity contribution in [3.8, 4) is 0 Å². The second-order valence-corrected chi connectivity index (χ2v) is 6.44. The summed E-state index contributed by atoms with van der Waals surface area (Å²) in [4.78, 5) is 13.1.